The minimum absolute atomic E-state index is 0.145. The van der Waals surface area contributed by atoms with Gasteiger partial charge in [0.2, 0.25) is 10.0 Å². The smallest absolute Gasteiger partial charge is 0.265 e. The minimum Gasteiger partial charge on any atom is -0.481 e. The van der Waals surface area contributed by atoms with Crippen LogP contribution in [0.1, 0.15) is 13.3 Å². The molecule has 0 unspecified atom stereocenters. The number of halogens is 2. The second kappa shape index (κ2) is 8.34. The highest BCUT2D eigenvalue weighted by molar-refractivity contribution is 7.92. The standard InChI is InChI=1S/C18H20F2N2O4S/c1-4-17(18(23)21-16-10-5-12(19)11-15(16)20)26-14-8-6-13(7-9-14)22(2)27(3,24)25/h5-11,17H,4H2,1-3H3,(H,21,23)/t17-/m0/s1. The van der Waals surface area contributed by atoms with Crippen LogP contribution in [0.25, 0.3) is 0 Å². The highest BCUT2D eigenvalue weighted by atomic mass is 32.2. The molecule has 0 aliphatic rings. The van der Waals surface area contributed by atoms with Crippen LogP contribution in [0.3, 0.4) is 0 Å². The van der Waals surface area contributed by atoms with Crippen LogP contribution >= 0.6 is 0 Å². The van der Waals surface area contributed by atoms with Gasteiger partial charge in [-0.3, -0.25) is 9.10 Å². The van der Waals surface area contributed by atoms with E-state index in [2.05, 4.69) is 5.32 Å². The lowest BCUT2D eigenvalue weighted by atomic mass is 10.2. The van der Waals surface area contributed by atoms with Crippen molar-refractivity contribution in [2.75, 3.05) is 22.9 Å². The third kappa shape index (κ3) is 5.40. The number of hydrogen-bond acceptors (Lipinski definition) is 4. The lowest BCUT2D eigenvalue weighted by molar-refractivity contribution is -0.122. The maximum Gasteiger partial charge on any atom is 0.265 e. The Kier molecular flexibility index (Phi) is 6.37. The van der Waals surface area contributed by atoms with Crippen molar-refractivity contribution in [3.05, 3.63) is 54.1 Å². The molecule has 146 valence electrons. The zero-order chi connectivity index (χ0) is 20.2. The van der Waals surface area contributed by atoms with Crippen molar-refractivity contribution in [1.29, 1.82) is 0 Å². The Labute approximate surface area is 156 Å². The van der Waals surface area contributed by atoms with E-state index in [-0.39, 0.29) is 5.69 Å². The second-order valence-corrected chi connectivity index (χ2v) is 7.87. The molecule has 2 rings (SSSR count). The number of sulfonamides is 1. The zero-order valence-electron chi connectivity index (χ0n) is 15.1. The Morgan fingerprint density at radius 2 is 1.81 bits per heavy atom. The van der Waals surface area contributed by atoms with E-state index < -0.39 is 33.7 Å². The molecule has 6 nitrogen and oxygen atoms in total. The van der Waals surface area contributed by atoms with E-state index in [0.29, 0.717) is 23.9 Å². The summed E-state index contributed by atoms with van der Waals surface area (Å²) >= 11 is 0. The molecular formula is C18H20F2N2O4S. The summed E-state index contributed by atoms with van der Waals surface area (Å²) in [6.07, 6.45) is 0.483. The van der Waals surface area contributed by atoms with Gasteiger partial charge in [-0.25, -0.2) is 17.2 Å². The molecule has 0 radical (unpaired) electrons. The van der Waals surface area contributed by atoms with Crippen LogP contribution in [-0.2, 0) is 14.8 Å². The number of amides is 1. The van der Waals surface area contributed by atoms with Crippen LogP contribution in [0, 0.1) is 11.6 Å². The van der Waals surface area contributed by atoms with Gasteiger partial charge in [-0.05, 0) is 42.8 Å². The highest BCUT2D eigenvalue weighted by Gasteiger charge is 2.20. The van der Waals surface area contributed by atoms with E-state index in [9.17, 15) is 22.0 Å². The molecule has 0 bridgehead atoms. The van der Waals surface area contributed by atoms with Gasteiger partial charge in [0.25, 0.3) is 5.91 Å². The summed E-state index contributed by atoms with van der Waals surface area (Å²) < 4.78 is 56.4. The lowest BCUT2D eigenvalue weighted by Gasteiger charge is -2.19. The molecule has 0 saturated carbocycles. The Bertz CT molecular complexity index is 917. The molecule has 0 spiro atoms. The molecule has 27 heavy (non-hydrogen) atoms. The van der Waals surface area contributed by atoms with Gasteiger partial charge in [0.15, 0.2) is 6.10 Å². The third-order valence-corrected chi connectivity index (χ3v) is 5.03. The van der Waals surface area contributed by atoms with Crippen molar-refractivity contribution in [1.82, 2.24) is 0 Å². The number of carbonyl (C=O) groups is 1. The topological polar surface area (TPSA) is 75.7 Å². The van der Waals surface area contributed by atoms with Crippen LogP contribution in [-0.4, -0.2) is 33.7 Å². The van der Waals surface area contributed by atoms with Crippen molar-refractivity contribution >= 4 is 27.3 Å². The molecule has 1 atom stereocenters. The third-order valence-electron chi connectivity index (χ3n) is 3.83. The fourth-order valence-corrected chi connectivity index (χ4v) is 2.72. The summed E-state index contributed by atoms with van der Waals surface area (Å²) in [5, 5.41) is 2.37. The second-order valence-electron chi connectivity index (χ2n) is 5.85. The van der Waals surface area contributed by atoms with Crippen molar-refractivity contribution in [3.63, 3.8) is 0 Å². The lowest BCUT2D eigenvalue weighted by Crippen LogP contribution is -2.32. The summed E-state index contributed by atoms with van der Waals surface area (Å²) in [5.41, 5.74) is 0.296. The number of nitrogens with zero attached hydrogens (tertiary/aromatic N) is 1. The molecule has 9 heteroatoms. The Balaban J connectivity index is 2.08. The number of anilines is 2. The van der Waals surface area contributed by atoms with Crippen molar-refractivity contribution in [2.45, 2.75) is 19.4 Å². The van der Waals surface area contributed by atoms with Gasteiger partial charge in [-0.2, -0.15) is 0 Å². The van der Waals surface area contributed by atoms with Crippen LogP contribution in [0.15, 0.2) is 42.5 Å². The molecule has 0 aromatic heterocycles. The van der Waals surface area contributed by atoms with Gasteiger partial charge in [0.1, 0.15) is 17.4 Å². The van der Waals surface area contributed by atoms with Gasteiger partial charge in [-0.15, -0.1) is 0 Å². The van der Waals surface area contributed by atoms with Gasteiger partial charge < -0.3 is 10.1 Å². The average molecular weight is 398 g/mol. The normalized spacial score (nSPS) is 12.3. The Morgan fingerprint density at radius 3 is 2.33 bits per heavy atom. The summed E-state index contributed by atoms with van der Waals surface area (Å²) in [6, 6.07) is 9.00. The van der Waals surface area contributed by atoms with Crippen molar-refractivity contribution in [2.24, 2.45) is 0 Å². The Hall–Kier alpha value is -2.68. The van der Waals surface area contributed by atoms with Gasteiger partial charge in [0, 0.05) is 13.1 Å². The molecule has 0 fully saturated rings. The van der Waals surface area contributed by atoms with Gasteiger partial charge >= 0.3 is 0 Å². The molecule has 0 aliphatic heterocycles. The average Bonchev–Trinajstić information content (AvgIpc) is 2.61. The van der Waals surface area contributed by atoms with E-state index in [4.69, 9.17) is 4.74 Å². The van der Waals surface area contributed by atoms with E-state index in [1.165, 1.54) is 19.2 Å². The van der Waals surface area contributed by atoms with Crippen molar-refractivity contribution in [3.8, 4) is 5.75 Å². The number of ether oxygens (including phenoxy) is 1. The number of nitrogens with one attached hydrogen (secondary N) is 1. The molecule has 0 heterocycles. The monoisotopic (exact) mass is 398 g/mol. The molecule has 2 aromatic rings. The SMILES string of the molecule is CC[C@H](Oc1ccc(N(C)S(C)(=O)=O)cc1)C(=O)Nc1ccc(F)cc1F. The predicted octanol–water partition coefficient (Wildman–Crippen LogP) is 3.16. The van der Waals surface area contributed by atoms with Gasteiger partial charge in [0.05, 0.1) is 17.6 Å². The van der Waals surface area contributed by atoms with E-state index in [0.717, 1.165) is 22.7 Å². The van der Waals surface area contributed by atoms with E-state index in [1.54, 1.807) is 19.1 Å². The first-order valence-electron chi connectivity index (χ1n) is 8.08. The fourth-order valence-electron chi connectivity index (χ4n) is 2.22. The largest absolute Gasteiger partial charge is 0.481 e. The molecule has 0 saturated heterocycles. The molecule has 1 N–H and O–H groups in total. The molecular weight excluding hydrogens is 378 g/mol. The quantitative estimate of drug-likeness (QED) is 0.777. The number of benzene rings is 2. The van der Waals surface area contributed by atoms with Crippen LogP contribution in [0.2, 0.25) is 0 Å². The van der Waals surface area contributed by atoms with E-state index in [1.807, 2.05) is 0 Å². The van der Waals surface area contributed by atoms with Gasteiger partial charge in [-0.1, -0.05) is 6.92 Å². The highest BCUT2D eigenvalue weighted by Crippen LogP contribution is 2.22. The maximum absolute atomic E-state index is 13.7. The van der Waals surface area contributed by atoms with Crippen LogP contribution < -0.4 is 14.4 Å². The van der Waals surface area contributed by atoms with Crippen LogP contribution in [0.5, 0.6) is 5.75 Å². The van der Waals surface area contributed by atoms with Crippen LogP contribution in [0.4, 0.5) is 20.2 Å². The number of rotatable bonds is 7. The molecule has 0 aliphatic carbocycles. The summed E-state index contributed by atoms with van der Waals surface area (Å²) in [4.78, 5) is 12.3. The van der Waals surface area contributed by atoms with E-state index >= 15 is 0 Å². The number of carbonyl (C=O) groups excluding carboxylic acids is 1. The number of hydrogen-bond donors (Lipinski definition) is 1. The molecule has 1 amide bonds. The first kappa shape index (κ1) is 20.6. The maximum atomic E-state index is 13.7. The molecule has 2 aromatic carbocycles. The zero-order valence-corrected chi connectivity index (χ0v) is 15.9. The first-order valence-corrected chi connectivity index (χ1v) is 9.93. The summed E-state index contributed by atoms with van der Waals surface area (Å²) in [6.45, 7) is 1.72. The Morgan fingerprint density at radius 1 is 1.19 bits per heavy atom. The fraction of sp³-hybridized carbons (Fsp3) is 0.278. The predicted molar refractivity (Wildman–Crippen MR) is 99.4 cm³/mol. The summed E-state index contributed by atoms with van der Waals surface area (Å²) in [5.74, 6) is -1.86. The summed E-state index contributed by atoms with van der Waals surface area (Å²) in [7, 11) is -1.96. The minimum atomic E-state index is -3.39. The first-order chi connectivity index (χ1) is 12.6. The van der Waals surface area contributed by atoms with Crippen molar-refractivity contribution < 1.29 is 26.7 Å².